The summed E-state index contributed by atoms with van der Waals surface area (Å²) in [5, 5.41) is 6.13. The standard InChI is InChI=1S/C19H26FN3O2.ClH/c20-17-5-3-15(4-6-17)12-22-19(25)16-7-9-23(10-8-16)18(24)13-21-11-14-1-2-14;/h3-6,14,16,21H,1-2,7-13H2,(H,22,25);1H. The third kappa shape index (κ3) is 6.25. The van der Waals surface area contributed by atoms with Gasteiger partial charge in [0.15, 0.2) is 0 Å². The van der Waals surface area contributed by atoms with Gasteiger partial charge < -0.3 is 15.5 Å². The van der Waals surface area contributed by atoms with Gasteiger partial charge in [0.2, 0.25) is 11.8 Å². The number of halogens is 2. The topological polar surface area (TPSA) is 61.4 Å². The number of amides is 2. The largest absolute Gasteiger partial charge is 0.352 e. The highest BCUT2D eigenvalue weighted by molar-refractivity contribution is 5.85. The molecule has 7 heteroatoms. The van der Waals surface area contributed by atoms with Gasteiger partial charge in [-0.2, -0.15) is 0 Å². The summed E-state index contributed by atoms with van der Waals surface area (Å²) in [6.07, 6.45) is 3.95. The predicted molar refractivity (Wildman–Crippen MR) is 100 cm³/mol. The van der Waals surface area contributed by atoms with E-state index in [-0.39, 0.29) is 36.0 Å². The van der Waals surface area contributed by atoms with Crippen molar-refractivity contribution in [1.82, 2.24) is 15.5 Å². The lowest BCUT2D eigenvalue weighted by atomic mass is 9.95. The highest BCUT2D eigenvalue weighted by atomic mass is 35.5. The Morgan fingerprint density at radius 2 is 1.73 bits per heavy atom. The zero-order valence-corrected chi connectivity index (χ0v) is 15.7. The molecular weight excluding hydrogens is 357 g/mol. The molecule has 1 aromatic carbocycles. The SMILES string of the molecule is Cl.O=C(NCc1ccc(F)cc1)C1CCN(C(=O)CNCC2CC2)CC1. The van der Waals surface area contributed by atoms with Gasteiger partial charge in [-0.1, -0.05) is 12.1 Å². The van der Waals surface area contributed by atoms with Gasteiger partial charge in [0, 0.05) is 25.6 Å². The number of benzene rings is 1. The van der Waals surface area contributed by atoms with E-state index < -0.39 is 0 Å². The maximum atomic E-state index is 12.9. The summed E-state index contributed by atoms with van der Waals surface area (Å²) in [5.74, 6) is 0.583. The first-order valence-corrected chi connectivity index (χ1v) is 9.12. The average molecular weight is 384 g/mol. The number of likely N-dealkylation sites (tertiary alicyclic amines) is 1. The highest BCUT2D eigenvalue weighted by Crippen LogP contribution is 2.27. The van der Waals surface area contributed by atoms with Crippen LogP contribution in [0.2, 0.25) is 0 Å². The minimum Gasteiger partial charge on any atom is -0.352 e. The average Bonchev–Trinajstić information content (AvgIpc) is 3.45. The molecule has 1 saturated carbocycles. The van der Waals surface area contributed by atoms with Crippen molar-refractivity contribution in [3.05, 3.63) is 35.6 Å². The van der Waals surface area contributed by atoms with Gasteiger partial charge in [0.25, 0.3) is 0 Å². The zero-order chi connectivity index (χ0) is 17.6. The number of hydrogen-bond acceptors (Lipinski definition) is 3. The summed E-state index contributed by atoms with van der Waals surface area (Å²) in [7, 11) is 0. The fourth-order valence-electron chi connectivity index (χ4n) is 3.14. The molecule has 144 valence electrons. The van der Waals surface area contributed by atoms with Gasteiger partial charge in [0.05, 0.1) is 6.54 Å². The van der Waals surface area contributed by atoms with Crippen LogP contribution in [0.15, 0.2) is 24.3 Å². The molecule has 1 heterocycles. The monoisotopic (exact) mass is 383 g/mol. The quantitative estimate of drug-likeness (QED) is 0.758. The molecule has 3 rings (SSSR count). The van der Waals surface area contributed by atoms with Crippen molar-refractivity contribution in [2.75, 3.05) is 26.2 Å². The molecule has 0 spiro atoms. The number of piperidine rings is 1. The van der Waals surface area contributed by atoms with Gasteiger partial charge in [-0.15, -0.1) is 12.4 Å². The Hall–Kier alpha value is -1.66. The highest BCUT2D eigenvalue weighted by Gasteiger charge is 2.27. The van der Waals surface area contributed by atoms with Crippen molar-refractivity contribution in [3.8, 4) is 0 Å². The second-order valence-electron chi connectivity index (χ2n) is 7.07. The van der Waals surface area contributed by atoms with Gasteiger partial charge in [-0.25, -0.2) is 4.39 Å². The normalized spacial score (nSPS) is 17.5. The van der Waals surface area contributed by atoms with Crippen LogP contribution in [0.5, 0.6) is 0 Å². The van der Waals surface area contributed by atoms with E-state index in [1.54, 1.807) is 12.1 Å². The first-order valence-electron chi connectivity index (χ1n) is 9.12. The van der Waals surface area contributed by atoms with Crippen molar-refractivity contribution in [2.45, 2.75) is 32.2 Å². The van der Waals surface area contributed by atoms with Gasteiger partial charge in [-0.3, -0.25) is 9.59 Å². The molecule has 1 aliphatic carbocycles. The van der Waals surface area contributed by atoms with Crippen molar-refractivity contribution in [1.29, 1.82) is 0 Å². The molecule has 0 radical (unpaired) electrons. The Balaban J connectivity index is 0.00000243. The first-order chi connectivity index (χ1) is 12.1. The number of nitrogens with zero attached hydrogens (tertiary/aromatic N) is 1. The molecule has 2 fully saturated rings. The Morgan fingerprint density at radius 1 is 1.08 bits per heavy atom. The Bertz CT molecular complexity index is 599. The fraction of sp³-hybridized carbons (Fsp3) is 0.579. The van der Waals surface area contributed by atoms with Crippen LogP contribution in [-0.2, 0) is 16.1 Å². The molecule has 0 bridgehead atoms. The molecule has 1 saturated heterocycles. The predicted octanol–water partition coefficient (Wildman–Crippen LogP) is 2.10. The van der Waals surface area contributed by atoms with Crippen LogP contribution in [0, 0.1) is 17.7 Å². The van der Waals surface area contributed by atoms with Crippen LogP contribution in [0.25, 0.3) is 0 Å². The van der Waals surface area contributed by atoms with Crippen LogP contribution in [0.3, 0.4) is 0 Å². The molecule has 26 heavy (non-hydrogen) atoms. The van der Waals surface area contributed by atoms with E-state index in [2.05, 4.69) is 10.6 Å². The van der Waals surface area contributed by atoms with Crippen molar-refractivity contribution < 1.29 is 14.0 Å². The zero-order valence-electron chi connectivity index (χ0n) is 14.9. The van der Waals surface area contributed by atoms with Crippen LogP contribution < -0.4 is 10.6 Å². The molecule has 2 aliphatic rings. The lowest BCUT2D eigenvalue weighted by Crippen LogP contribution is -2.45. The van der Waals surface area contributed by atoms with Crippen LogP contribution >= 0.6 is 12.4 Å². The van der Waals surface area contributed by atoms with Gasteiger partial charge >= 0.3 is 0 Å². The summed E-state index contributed by atoms with van der Waals surface area (Å²) in [4.78, 5) is 26.3. The summed E-state index contributed by atoms with van der Waals surface area (Å²) in [6, 6.07) is 6.13. The van der Waals surface area contributed by atoms with E-state index in [0.29, 0.717) is 39.0 Å². The Labute approximate surface area is 160 Å². The number of carbonyl (C=O) groups excluding carboxylic acids is 2. The summed E-state index contributed by atoms with van der Waals surface area (Å²) >= 11 is 0. The van der Waals surface area contributed by atoms with E-state index in [1.807, 2.05) is 4.90 Å². The number of nitrogens with one attached hydrogen (secondary N) is 2. The van der Waals surface area contributed by atoms with E-state index >= 15 is 0 Å². The Kier molecular flexibility index (Phi) is 7.85. The molecule has 1 aromatic rings. The lowest BCUT2D eigenvalue weighted by Gasteiger charge is -2.31. The molecule has 0 atom stereocenters. The molecule has 1 aliphatic heterocycles. The molecule has 2 amide bonds. The van der Waals surface area contributed by atoms with Crippen molar-refractivity contribution in [3.63, 3.8) is 0 Å². The van der Waals surface area contributed by atoms with Crippen LogP contribution in [-0.4, -0.2) is 42.9 Å². The maximum Gasteiger partial charge on any atom is 0.236 e. The van der Waals surface area contributed by atoms with Gasteiger partial charge in [-0.05, 0) is 55.8 Å². The molecule has 5 nitrogen and oxygen atoms in total. The van der Waals surface area contributed by atoms with Crippen LogP contribution in [0.4, 0.5) is 4.39 Å². The number of hydrogen-bond donors (Lipinski definition) is 2. The fourth-order valence-corrected chi connectivity index (χ4v) is 3.14. The second kappa shape index (κ2) is 9.88. The summed E-state index contributed by atoms with van der Waals surface area (Å²) in [6.45, 7) is 3.02. The molecular formula is C19H27ClFN3O2. The Morgan fingerprint density at radius 3 is 2.35 bits per heavy atom. The molecule has 0 unspecified atom stereocenters. The minimum atomic E-state index is -0.279. The van der Waals surface area contributed by atoms with Crippen molar-refractivity contribution >= 4 is 24.2 Å². The van der Waals surface area contributed by atoms with Gasteiger partial charge in [0.1, 0.15) is 5.82 Å². The number of carbonyl (C=O) groups is 2. The maximum absolute atomic E-state index is 12.9. The third-order valence-corrected chi connectivity index (χ3v) is 5.00. The second-order valence-corrected chi connectivity index (χ2v) is 7.07. The van der Waals surface area contributed by atoms with Crippen LogP contribution in [0.1, 0.15) is 31.2 Å². The minimum absolute atomic E-state index is 0. The van der Waals surface area contributed by atoms with E-state index in [4.69, 9.17) is 0 Å². The van der Waals surface area contributed by atoms with E-state index in [0.717, 1.165) is 18.0 Å². The lowest BCUT2D eigenvalue weighted by molar-refractivity contribution is -0.135. The summed E-state index contributed by atoms with van der Waals surface area (Å²) < 4.78 is 12.9. The van der Waals surface area contributed by atoms with E-state index in [1.165, 1.54) is 25.0 Å². The van der Waals surface area contributed by atoms with E-state index in [9.17, 15) is 14.0 Å². The molecule has 2 N–H and O–H groups in total. The third-order valence-electron chi connectivity index (χ3n) is 5.00. The smallest absolute Gasteiger partial charge is 0.236 e. The summed E-state index contributed by atoms with van der Waals surface area (Å²) in [5.41, 5.74) is 0.879. The molecule has 0 aromatic heterocycles. The number of rotatable bonds is 7. The van der Waals surface area contributed by atoms with Crippen molar-refractivity contribution in [2.24, 2.45) is 11.8 Å². The first kappa shape index (κ1) is 20.6.